The van der Waals surface area contributed by atoms with Gasteiger partial charge in [0.05, 0.1) is 38.6 Å². The summed E-state index contributed by atoms with van der Waals surface area (Å²) in [6, 6.07) is 6.03. The number of nitrogens with one attached hydrogen (secondary N) is 2. The number of aliphatic hydroxyl groups is 2. The lowest BCUT2D eigenvalue weighted by molar-refractivity contribution is 0.168. The monoisotopic (exact) mass is 334 g/mol. The van der Waals surface area contributed by atoms with Gasteiger partial charge in [0.1, 0.15) is 11.4 Å². The number of hydrogen-bond acceptors (Lipinski definition) is 5. The van der Waals surface area contributed by atoms with Gasteiger partial charge >= 0.3 is 6.03 Å². The average molecular weight is 334 g/mol. The third-order valence-electron chi connectivity index (χ3n) is 3.56. The maximum atomic E-state index is 11.8. The topological polar surface area (TPSA) is 109 Å². The number of nitrogens with zero attached hydrogens (tertiary/aromatic N) is 2. The Morgan fingerprint density at radius 2 is 2.00 bits per heavy atom. The number of carbonyl (C=O) groups is 1. The Bertz CT molecular complexity index is 670. The van der Waals surface area contributed by atoms with E-state index in [9.17, 15) is 4.79 Å². The standard InChI is InChI=1S/C16H22N4O4/c1-11(18-16(23)19-13(9-21)10-22)12-7-17-20(8-12)14-5-3-4-6-15(14)24-2/h3-8,11,13,21-22H,9-10H2,1-2H3,(H2,18,19,23)/t11-/m1/s1. The number of methoxy groups -OCH3 is 1. The summed E-state index contributed by atoms with van der Waals surface area (Å²) in [5, 5.41) is 27.5. The minimum atomic E-state index is -0.687. The fourth-order valence-electron chi connectivity index (χ4n) is 2.17. The lowest BCUT2D eigenvalue weighted by Crippen LogP contribution is -2.46. The van der Waals surface area contributed by atoms with Crippen molar-refractivity contribution >= 4 is 6.03 Å². The highest BCUT2D eigenvalue weighted by Crippen LogP contribution is 2.22. The number of amides is 2. The molecule has 130 valence electrons. The van der Waals surface area contributed by atoms with Gasteiger partial charge in [-0.2, -0.15) is 5.10 Å². The Morgan fingerprint density at radius 1 is 1.29 bits per heavy atom. The molecule has 0 aliphatic carbocycles. The summed E-state index contributed by atoms with van der Waals surface area (Å²) >= 11 is 0. The number of aromatic nitrogens is 2. The molecule has 0 spiro atoms. The van der Waals surface area contributed by atoms with E-state index in [0.717, 1.165) is 11.3 Å². The van der Waals surface area contributed by atoms with Crippen LogP contribution in [0, 0.1) is 0 Å². The second-order valence-corrected chi connectivity index (χ2v) is 5.29. The lowest BCUT2D eigenvalue weighted by atomic mass is 10.2. The predicted octanol–water partition coefficient (Wildman–Crippen LogP) is 0.594. The van der Waals surface area contributed by atoms with Gasteiger partial charge < -0.3 is 25.6 Å². The van der Waals surface area contributed by atoms with E-state index in [0.29, 0.717) is 5.75 Å². The van der Waals surface area contributed by atoms with E-state index >= 15 is 0 Å². The van der Waals surface area contributed by atoms with E-state index in [-0.39, 0.29) is 19.3 Å². The summed E-state index contributed by atoms with van der Waals surface area (Å²) in [5.41, 5.74) is 1.60. The predicted molar refractivity (Wildman–Crippen MR) is 88.2 cm³/mol. The molecule has 2 aromatic rings. The molecule has 4 N–H and O–H groups in total. The summed E-state index contributed by atoms with van der Waals surface area (Å²) in [4.78, 5) is 11.8. The van der Waals surface area contributed by atoms with Crippen molar-refractivity contribution in [2.45, 2.75) is 19.0 Å². The first-order chi connectivity index (χ1) is 11.6. The Balaban J connectivity index is 2.06. The van der Waals surface area contributed by atoms with Crippen molar-refractivity contribution in [1.29, 1.82) is 0 Å². The highest BCUT2D eigenvalue weighted by molar-refractivity contribution is 5.74. The molecule has 1 atom stereocenters. The normalized spacial score (nSPS) is 12.0. The number of hydrogen-bond donors (Lipinski definition) is 4. The summed E-state index contributed by atoms with van der Waals surface area (Å²) in [5.74, 6) is 0.694. The van der Waals surface area contributed by atoms with E-state index in [1.165, 1.54) is 0 Å². The summed E-state index contributed by atoms with van der Waals surface area (Å²) < 4.78 is 6.99. The first-order valence-corrected chi connectivity index (χ1v) is 7.55. The molecule has 0 saturated carbocycles. The molecule has 1 aromatic heterocycles. The summed E-state index contributed by atoms with van der Waals surface area (Å²) in [7, 11) is 1.59. The van der Waals surface area contributed by atoms with Gasteiger partial charge in [0.15, 0.2) is 0 Å². The fraction of sp³-hybridized carbons (Fsp3) is 0.375. The van der Waals surface area contributed by atoms with Crippen molar-refractivity contribution in [3.05, 3.63) is 42.2 Å². The van der Waals surface area contributed by atoms with Crippen LogP contribution in [0.3, 0.4) is 0 Å². The van der Waals surface area contributed by atoms with Crippen LogP contribution in [0.15, 0.2) is 36.7 Å². The smallest absolute Gasteiger partial charge is 0.315 e. The largest absolute Gasteiger partial charge is 0.494 e. The molecular weight excluding hydrogens is 312 g/mol. The van der Waals surface area contributed by atoms with Gasteiger partial charge in [-0.3, -0.25) is 0 Å². The molecule has 0 radical (unpaired) electrons. The zero-order valence-corrected chi connectivity index (χ0v) is 13.6. The average Bonchev–Trinajstić information content (AvgIpc) is 3.09. The second-order valence-electron chi connectivity index (χ2n) is 5.29. The molecule has 0 aliphatic rings. The Morgan fingerprint density at radius 3 is 2.67 bits per heavy atom. The van der Waals surface area contributed by atoms with Crippen LogP contribution in [-0.2, 0) is 0 Å². The first-order valence-electron chi connectivity index (χ1n) is 7.55. The van der Waals surface area contributed by atoms with Crippen LogP contribution in [-0.4, -0.2) is 52.4 Å². The third kappa shape index (κ3) is 4.24. The van der Waals surface area contributed by atoms with Crippen LogP contribution in [0.1, 0.15) is 18.5 Å². The number of urea groups is 1. The van der Waals surface area contributed by atoms with Crippen LogP contribution in [0.25, 0.3) is 5.69 Å². The lowest BCUT2D eigenvalue weighted by Gasteiger charge is -2.17. The van der Waals surface area contributed by atoms with Crippen LogP contribution < -0.4 is 15.4 Å². The molecule has 8 heteroatoms. The quantitative estimate of drug-likeness (QED) is 0.593. The molecule has 0 fully saturated rings. The molecule has 0 bridgehead atoms. The summed E-state index contributed by atoms with van der Waals surface area (Å²) in [6.07, 6.45) is 3.46. The summed E-state index contributed by atoms with van der Waals surface area (Å²) in [6.45, 7) is 1.16. The number of aliphatic hydroxyl groups excluding tert-OH is 2. The van der Waals surface area contributed by atoms with Crippen molar-refractivity contribution < 1.29 is 19.7 Å². The minimum absolute atomic E-state index is 0.300. The van der Waals surface area contributed by atoms with E-state index in [4.69, 9.17) is 14.9 Å². The number of benzene rings is 1. The van der Waals surface area contributed by atoms with Crippen molar-refractivity contribution in [3.8, 4) is 11.4 Å². The van der Waals surface area contributed by atoms with Gasteiger partial charge in [0.25, 0.3) is 0 Å². The molecule has 0 aliphatic heterocycles. The molecule has 0 unspecified atom stereocenters. The maximum absolute atomic E-state index is 11.8. The van der Waals surface area contributed by atoms with Crippen molar-refractivity contribution in [2.24, 2.45) is 0 Å². The van der Waals surface area contributed by atoms with Gasteiger partial charge in [0.2, 0.25) is 0 Å². The van der Waals surface area contributed by atoms with Gasteiger partial charge in [-0.05, 0) is 19.1 Å². The van der Waals surface area contributed by atoms with Crippen LogP contribution in [0.5, 0.6) is 5.75 Å². The minimum Gasteiger partial charge on any atom is -0.494 e. The van der Waals surface area contributed by atoms with Crippen molar-refractivity contribution in [1.82, 2.24) is 20.4 Å². The van der Waals surface area contributed by atoms with Crippen LogP contribution in [0.4, 0.5) is 4.79 Å². The Labute approximate surface area is 140 Å². The van der Waals surface area contributed by atoms with Crippen LogP contribution in [0.2, 0.25) is 0 Å². The fourth-order valence-corrected chi connectivity index (χ4v) is 2.17. The number of ether oxygens (including phenoxy) is 1. The molecule has 2 amide bonds. The van der Waals surface area contributed by atoms with Gasteiger partial charge in [-0.1, -0.05) is 12.1 Å². The molecule has 1 heterocycles. The molecule has 8 nitrogen and oxygen atoms in total. The molecule has 0 saturated heterocycles. The van der Waals surface area contributed by atoms with Crippen molar-refractivity contribution in [2.75, 3.05) is 20.3 Å². The maximum Gasteiger partial charge on any atom is 0.315 e. The van der Waals surface area contributed by atoms with E-state index in [2.05, 4.69) is 15.7 Å². The van der Waals surface area contributed by atoms with Crippen LogP contribution >= 0.6 is 0 Å². The molecule has 1 aromatic carbocycles. The Kier molecular flexibility index (Phi) is 6.16. The number of rotatable bonds is 7. The zero-order chi connectivity index (χ0) is 17.5. The third-order valence-corrected chi connectivity index (χ3v) is 3.56. The zero-order valence-electron chi connectivity index (χ0n) is 13.6. The molecule has 2 rings (SSSR count). The number of carbonyl (C=O) groups excluding carboxylic acids is 1. The molecule has 24 heavy (non-hydrogen) atoms. The van der Waals surface area contributed by atoms with E-state index in [1.54, 1.807) is 24.2 Å². The Hall–Kier alpha value is -2.58. The molecular formula is C16H22N4O4. The van der Waals surface area contributed by atoms with Crippen molar-refractivity contribution in [3.63, 3.8) is 0 Å². The highest BCUT2D eigenvalue weighted by Gasteiger charge is 2.15. The van der Waals surface area contributed by atoms with Gasteiger partial charge in [-0.15, -0.1) is 0 Å². The number of para-hydroxylation sites is 2. The SMILES string of the molecule is COc1ccccc1-n1cc([C@@H](C)NC(=O)NC(CO)CO)cn1. The second kappa shape index (κ2) is 8.32. The van der Waals surface area contributed by atoms with E-state index in [1.807, 2.05) is 31.2 Å². The first kappa shape index (κ1) is 17.8. The van der Waals surface area contributed by atoms with Gasteiger partial charge in [-0.25, -0.2) is 9.48 Å². The van der Waals surface area contributed by atoms with Gasteiger partial charge in [0, 0.05) is 11.8 Å². The highest BCUT2D eigenvalue weighted by atomic mass is 16.5. The van der Waals surface area contributed by atoms with E-state index < -0.39 is 12.1 Å².